The van der Waals surface area contributed by atoms with E-state index >= 15 is 0 Å². The Morgan fingerprint density at radius 2 is 1.78 bits per heavy atom. The van der Waals surface area contributed by atoms with E-state index in [2.05, 4.69) is 32.1 Å². The maximum atomic E-state index is 11.9. The highest BCUT2D eigenvalue weighted by Crippen LogP contribution is 2.27. The first kappa shape index (κ1) is 18.7. The van der Waals surface area contributed by atoms with E-state index in [1.807, 2.05) is 31.2 Å². The third-order valence-electron chi connectivity index (χ3n) is 5.66. The SMILES string of the molecule is CC[S+]([O-])c1ccc(-c2ccc(N3CCC[C@H]3CN3CCCC3)nn2)cc1. The number of aromatic nitrogens is 2. The van der Waals surface area contributed by atoms with Gasteiger partial charge in [-0.3, -0.25) is 0 Å². The van der Waals surface area contributed by atoms with Crippen LogP contribution in [0.1, 0.15) is 32.6 Å². The molecular formula is C21H28N4OS. The summed E-state index contributed by atoms with van der Waals surface area (Å²) in [5.74, 6) is 1.63. The van der Waals surface area contributed by atoms with Gasteiger partial charge < -0.3 is 14.4 Å². The molecule has 6 heteroatoms. The molecule has 4 rings (SSSR count). The Bertz CT molecular complexity index is 731. The monoisotopic (exact) mass is 384 g/mol. The van der Waals surface area contributed by atoms with Crippen LogP contribution in [0.15, 0.2) is 41.3 Å². The van der Waals surface area contributed by atoms with Gasteiger partial charge >= 0.3 is 0 Å². The van der Waals surface area contributed by atoms with Gasteiger partial charge in [0, 0.05) is 24.7 Å². The number of hydrogen-bond donors (Lipinski definition) is 0. The van der Waals surface area contributed by atoms with Gasteiger partial charge in [0.2, 0.25) is 0 Å². The number of anilines is 1. The summed E-state index contributed by atoms with van der Waals surface area (Å²) in [7, 11) is 0. The Kier molecular flexibility index (Phi) is 5.95. The molecule has 2 aliphatic heterocycles. The first-order chi connectivity index (χ1) is 13.2. The van der Waals surface area contributed by atoms with Crippen LogP contribution in [0.3, 0.4) is 0 Å². The summed E-state index contributed by atoms with van der Waals surface area (Å²) in [5, 5.41) is 9.01. The van der Waals surface area contributed by atoms with Crippen LogP contribution in [-0.2, 0) is 11.2 Å². The quantitative estimate of drug-likeness (QED) is 0.715. The van der Waals surface area contributed by atoms with E-state index in [9.17, 15) is 4.55 Å². The van der Waals surface area contributed by atoms with E-state index in [-0.39, 0.29) is 0 Å². The Hall–Kier alpha value is -1.63. The fourth-order valence-corrected chi connectivity index (χ4v) is 4.94. The molecule has 0 saturated carbocycles. The number of hydrogen-bond acceptors (Lipinski definition) is 5. The molecule has 2 fully saturated rings. The largest absolute Gasteiger partial charge is 0.611 e. The van der Waals surface area contributed by atoms with Crippen molar-refractivity contribution in [1.82, 2.24) is 15.1 Å². The van der Waals surface area contributed by atoms with Crippen LogP contribution < -0.4 is 4.90 Å². The maximum Gasteiger partial charge on any atom is 0.152 e. The fraction of sp³-hybridized carbons (Fsp3) is 0.524. The van der Waals surface area contributed by atoms with Gasteiger partial charge in [0.05, 0.1) is 5.69 Å². The molecule has 2 atom stereocenters. The summed E-state index contributed by atoms with van der Waals surface area (Å²) >= 11 is -0.914. The van der Waals surface area contributed by atoms with Crippen LogP contribution in [-0.4, -0.2) is 57.6 Å². The summed E-state index contributed by atoms with van der Waals surface area (Å²) in [6.45, 7) is 6.65. The molecule has 1 unspecified atom stereocenters. The molecule has 2 aliphatic rings. The van der Waals surface area contributed by atoms with Gasteiger partial charge in [0.25, 0.3) is 0 Å². The summed E-state index contributed by atoms with van der Waals surface area (Å²) in [6.07, 6.45) is 5.16. The molecule has 1 aromatic carbocycles. The van der Waals surface area contributed by atoms with E-state index in [1.54, 1.807) is 0 Å². The molecule has 27 heavy (non-hydrogen) atoms. The summed E-state index contributed by atoms with van der Waals surface area (Å²) in [4.78, 5) is 5.89. The second-order valence-electron chi connectivity index (χ2n) is 7.43. The molecule has 1 aromatic heterocycles. The standard InChI is InChI=1S/C21H28N4OS/c1-2-27(26)19-9-7-17(8-10-19)20-11-12-21(23-22-20)25-15-5-6-18(25)16-24-13-3-4-14-24/h7-12,18H,2-6,13-16H2,1H3/t18-,27?/m0/s1. The summed E-state index contributed by atoms with van der Waals surface area (Å²) in [5.41, 5.74) is 1.88. The van der Waals surface area contributed by atoms with Crippen molar-refractivity contribution < 1.29 is 4.55 Å². The van der Waals surface area contributed by atoms with Crippen LogP contribution in [0.2, 0.25) is 0 Å². The Morgan fingerprint density at radius 1 is 1.00 bits per heavy atom. The van der Waals surface area contributed by atoms with Crippen molar-refractivity contribution in [1.29, 1.82) is 0 Å². The van der Waals surface area contributed by atoms with Crippen LogP contribution in [0.25, 0.3) is 11.3 Å². The van der Waals surface area contributed by atoms with Gasteiger partial charge in [-0.15, -0.1) is 10.2 Å². The predicted molar refractivity (Wildman–Crippen MR) is 110 cm³/mol. The number of likely N-dealkylation sites (tertiary alicyclic amines) is 1. The van der Waals surface area contributed by atoms with Crippen molar-refractivity contribution in [2.45, 2.75) is 43.5 Å². The van der Waals surface area contributed by atoms with E-state index in [0.29, 0.717) is 11.8 Å². The van der Waals surface area contributed by atoms with Gasteiger partial charge in [-0.25, -0.2) is 0 Å². The van der Waals surface area contributed by atoms with E-state index < -0.39 is 11.2 Å². The minimum absolute atomic E-state index is 0.562. The Balaban J connectivity index is 1.45. The summed E-state index contributed by atoms with van der Waals surface area (Å²) in [6, 6.07) is 12.5. The van der Waals surface area contributed by atoms with Crippen LogP contribution in [0.5, 0.6) is 0 Å². The van der Waals surface area contributed by atoms with Crippen molar-refractivity contribution >= 4 is 17.0 Å². The first-order valence-corrected chi connectivity index (χ1v) is 11.4. The minimum atomic E-state index is -0.914. The molecule has 0 radical (unpaired) electrons. The fourth-order valence-electron chi connectivity index (χ4n) is 4.17. The van der Waals surface area contributed by atoms with Gasteiger partial charge in [-0.2, -0.15) is 0 Å². The van der Waals surface area contributed by atoms with Gasteiger partial charge in [-0.05, 0) is 93.3 Å². The third kappa shape index (κ3) is 4.28. The lowest BCUT2D eigenvalue weighted by molar-refractivity contribution is 0.313. The smallest absolute Gasteiger partial charge is 0.152 e. The molecule has 0 N–H and O–H groups in total. The van der Waals surface area contributed by atoms with Crippen molar-refractivity contribution in [3.8, 4) is 11.3 Å². The molecule has 144 valence electrons. The lowest BCUT2D eigenvalue weighted by Gasteiger charge is -2.29. The van der Waals surface area contributed by atoms with Crippen molar-refractivity contribution in [3.05, 3.63) is 36.4 Å². The zero-order chi connectivity index (χ0) is 18.6. The first-order valence-electron chi connectivity index (χ1n) is 10.1. The topological polar surface area (TPSA) is 55.3 Å². The zero-order valence-corrected chi connectivity index (χ0v) is 16.8. The van der Waals surface area contributed by atoms with Gasteiger partial charge in [-0.1, -0.05) is 0 Å². The normalized spacial score (nSPS) is 21.7. The van der Waals surface area contributed by atoms with Crippen LogP contribution in [0.4, 0.5) is 5.82 Å². The molecule has 2 saturated heterocycles. The lowest BCUT2D eigenvalue weighted by atomic mass is 10.1. The van der Waals surface area contributed by atoms with Crippen LogP contribution in [0, 0.1) is 0 Å². The molecule has 0 amide bonds. The average Bonchev–Trinajstić information content (AvgIpc) is 3.40. The van der Waals surface area contributed by atoms with Crippen molar-refractivity contribution in [3.63, 3.8) is 0 Å². The van der Waals surface area contributed by atoms with Gasteiger partial charge in [0.15, 0.2) is 10.7 Å². The second kappa shape index (κ2) is 8.59. The van der Waals surface area contributed by atoms with E-state index in [0.717, 1.165) is 35.1 Å². The molecule has 0 spiro atoms. The van der Waals surface area contributed by atoms with E-state index in [1.165, 1.54) is 38.8 Å². The van der Waals surface area contributed by atoms with E-state index in [4.69, 9.17) is 0 Å². The maximum absolute atomic E-state index is 11.9. The van der Waals surface area contributed by atoms with Crippen molar-refractivity contribution in [2.75, 3.05) is 36.8 Å². The number of rotatable bonds is 6. The van der Waals surface area contributed by atoms with Crippen LogP contribution >= 0.6 is 0 Å². The zero-order valence-electron chi connectivity index (χ0n) is 16.0. The molecule has 3 heterocycles. The Morgan fingerprint density at radius 3 is 2.44 bits per heavy atom. The lowest BCUT2D eigenvalue weighted by Crippen LogP contribution is -2.39. The molecule has 0 aliphatic carbocycles. The summed E-state index contributed by atoms with van der Waals surface area (Å²) < 4.78 is 11.9. The second-order valence-corrected chi connectivity index (χ2v) is 9.17. The number of benzene rings is 1. The van der Waals surface area contributed by atoms with Crippen molar-refractivity contribution in [2.24, 2.45) is 0 Å². The molecule has 2 aromatic rings. The average molecular weight is 385 g/mol. The third-order valence-corrected chi connectivity index (χ3v) is 6.99. The molecule has 5 nitrogen and oxygen atoms in total. The highest BCUT2D eigenvalue weighted by Gasteiger charge is 2.28. The highest BCUT2D eigenvalue weighted by atomic mass is 32.2. The number of nitrogens with zero attached hydrogens (tertiary/aromatic N) is 4. The molecule has 0 bridgehead atoms. The molecular weight excluding hydrogens is 356 g/mol. The predicted octanol–water partition coefficient (Wildman–Crippen LogP) is 3.34. The minimum Gasteiger partial charge on any atom is -0.611 e. The Labute approximate surface area is 165 Å². The van der Waals surface area contributed by atoms with Gasteiger partial charge in [0.1, 0.15) is 5.75 Å². The highest BCUT2D eigenvalue weighted by molar-refractivity contribution is 7.91.